The third-order valence-electron chi connectivity index (χ3n) is 1.99. The highest BCUT2D eigenvalue weighted by Crippen LogP contribution is 2.13. The van der Waals surface area contributed by atoms with E-state index in [0.29, 0.717) is 19.6 Å². The average molecular weight is 237 g/mol. The number of ether oxygens (including phenoxy) is 1. The summed E-state index contributed by atoms with van der Waals surface area (Å²) in [6.45, 7) is 2.80. The van der Waals surface area contributed by atoms with Crippen LogP contribution >= 0.6 is 12.2 Å². The monoisotopic (exact) mass is 237 g/mol. The molecule has 1 aromatic carbocycles. The number of aliphatic imine (C=N–C) groups is 1. The maximum atomic E-state index is 9.22. The molecule has 0 saturated carbocycles. The zero-order valence-electron chi connectivity index (χ0n) is 9.22. The molecule has 1 rings (SSSR count). The van der Waals surface area contributed by atoms with Crippen molar-refractivity contribution < 1.29 is 9.84 Å². The van der Waals surface area contributed by atoms with E-state index in [4.69, 9.17) is 4.74 Å². The maximum absolute atomic E-state index is 9.22. The van der Waals surface area contributed by atoms with Gasteiger partial charge in [0.2, 0.25) is 0 Å². The Morgan fingerprint density at radius 2 is 2.12 bits per heavy atom. The van der Waals surface area contributed by atoms with Crippen LogP contribution in [0.3, 0.4) is 0 Å². The van der Waals surface area contributed by atoms with Crippen molar-refractivity contribution in [1.29, 1.82) is 0 Å². The number of hydrogen-bond acceptors (Lipinski definition) is 4. The van der Waals surface area contributed by atoms with E-state index in [-0.39, 0.29) is 6.10 Å². The molecule has 86 valence electrons. The molecule has 0 amide bonds. The van der Waals surface area contributed by atoms with Crippen LogP contribution in [0.2, 0.25) is 0 Å². The van der Waals surface area contributed by atoms with E-state index in [2.05, 4.69) is 22.4 Å². The van der Waals surface area contributed by atoms with Gasteiger partial charge in [-0.25, -0.2) is 4.99 Å². The molecule has 4 heteroatoms. The average Bonchev–Trinajstić information content (AvgIpc) is 2.26. The van der Waals surface area contributed by atoms with Crippen molar-refractivity contribution in [3.63, 3.8) is 0 Å². The number of benzene rings is 1. The molecule has 3 nitrogen and oxygen atoms in total. The molecule has 0 fully saturated rings. The maximum Gasteiger partial charge on any atom is 0.119 e. The fourth-order valence-corrected chi connectivity index (χ4v) is 1.41. The van der Waals surface area contributed by atoms with Crippen LogP contribution in [0.5, 0.6) is 5.75 Å². The molecule has 1 aromatic rings. The zero-order valence-corrected chi connectivity index (χ0v) is 10.0. The highest BCUT2D eigenvalue weighted by Gasteiger charge is 1.99. The smallest absolute Gasteiger partial charge is 0.119 e. The summed E-state index contributed by atoms with van der Waals surface area (Å²) in [5.41, 5.74) is 1.10. The number of nitrogens with zero attached hydrogens (tertiary/aromatic N) is 1. The summed E-state index contributed by atoms with van der Waals surface area (Å²) in [5, 5.41) is 11.5. The summed E-state index contributed by atoms with van der Waals surface area (Å²) in [6, 6.07) is 7.67. The SMILES string of the molecule is CC(O)Cc1ccc(OCCN=C=S)cc1. The minimum Gasteiger partial charge on any atom is -0.492 e. The molecule has 0 heterocycles. The first kappa shape index (κ1) is 12.8. The molecule has 1 unspecified atom stereocenters. The van der Waals surface area contributed by atoms with E-state index in [0.717, 1.165) is 11.3 Å². The van der Waals surface area contributed by atoms with Crippen molar-refractivity contribution in [2.75, 3.05) is 13.2 Å². The van der Waals surface area contributed by atoms with Crippen molar-refractivity contribution in [3.8, 4) is 5.75 Å². The Bertz CT molecular complexity index is 356. The van der Waals surface area contributed by atoms with Crippen molar-refractivity contribution in [1.82, 2.24) is 0 Å². The van der Waals surface area contributed by atoms with Crippen molar-refractivity contribution in [3.05, 3.63) is 29.8 Å². The van der Waals surface area contributed by atoms with E-state index in [1.807, 2.05) is 24.3 Å². The molecule has 0 radical (unpaired) electrons. The predicted octanol–water partition coefficient (Wildman–Crippen LogP) is 2.09. The van der Waals surface area contributed by atoms with Gasteiger partial charge < -0.3 is 9.84 Å². The van der Waals surface area contributed by atoms with Crippen LogP contribution in [0.25, 0.3) is 0 Å². The van der Waals surface area contributed by atoms with Crippen molar-refractivity contribution in [2.24, 2.45) is 4.99 Å². The second-order valence-corrected chi connectivity index (χ2v) is 3.70. The van der Waals surface area contributed by atoms with Gasteiger partial charge in [-0.2, -0.15) is 0 Å². The lowest BCUT2D eigenvalue weighted by atomic mass is 10.1. The minimum absolute atomic E-state index is 0.316. The van der Waals surface area contributed by atoms with Gasteiger partial charge in [0.15, 0.2) is 0 Å². The quantitative estimate of drug-likeness (QED) is 0.468. The third-order valence-corrected chi connectivity index (χ3v) is 2.12. The van der Waals surface area contributed by atoms with Gasteiger partial charge in [-0.1, -0.05) is 12.1 Å². The Hall–Kier alpha value is -1.22. The first-order valence-electron chi connectivity index (χ1n) is 5.16. The van der Waals surface area contributed by atoms with E-state index < -0.39 is 0 Å². The highest BCUT2D eigenvalue weighted by molar-refractivity contribution is 7.78. The number of isothiocyanates is 1. The molecule has 0 bridgehead atoms. The molecule has 0 aromatic heterocycles. The summed E-state index contributed by atoms with van der Waals surface area (Å²) >= 11 is 4.44. The topological polar surface area (TPSA) is 41.8 Å². The molecule has 0 spiro atoms. The zero-order chi connectivity index (χ0) is 11.8. The molecular weight excluding hydrogens is 222 g/mol. The second kappa shape index (κ2) is 7.12. The Balaban J connectivity index is 2.41. The number of aliphatic hydroxyl groups excluding tert-OH is 1. The lowest BCUT2D eigenvalue weighted by Gasteiger charge is -2.07. The van der Waals surface area contributed by atoms with Crippen LogP contribution in [-0.4, -0.2) is 29.5 Å². The standard InChI is InChI=1S/C12H15NO2S/c1-10(14)8-11-2-4-12(5-3-11)15-7-6-13-9-16/h2-5,10,14H,6-8H2,1H3. The predicted molar refractivity (Wildman–Crippen MR) is 67.2 cm³/mol. The summed E-state index contributed by atoms with van der Waals surface area (Å²) in [4.78, 5) is 3.75. The van der Waals surface area contributed by atoms with Crippen LogP contribution in [0.4, 0.5) is 0 Å². The van der Waals surface area contributed by atoms with Gasteiger partial charge in [0.05, 0.1) is 17.8 Å². The Morgan fingerprint density at radius 3 is 2.69 bits per heavy atom. The fourth-order valence-electron chi connectivity index (χ4n) is 1.32. The molecule has 1 N–H and O–H groups in total. The van der Waals surface area contributed by atoms with Crippen molar-refractivity contribution in [2.45, 2.75) is 19.4 Å². The normalized spacial score (nSPS) is 11.6. The summed E-state index contributed by atoms with van der Waals surface area (Å²) in [7, 11) is 0. The third kappa shape index (κ3) is 5.03. The first-order valence-corrected chi connectivity index (χ1v) is 5.56. The lowest BCUT2D eigenvalue weighted by Crippen LogP contribution is -2.04. The van der Waals surface area contributed by atoms with E-state index >= 15 is 0 Å². The van der Waals surface area contributed by atoms with Gasteiger partial charge >= 0.3 is 0 Å². The number of thiocarbonyl (C=S) groups is 1. The molecule has 1 atom stereocenters. The second-order valence-electron chi connectivity index (χ2n) is 3.52. The van der Waals surface area contributed by atoms with Gasteiger partial charge in [-0.15, -0.1) is 0 Å². The van der Waals surface area contributed by atoms with Crippen LogP contribution in [0.15, 0.2) is 29.3 Å². The number of rotatable bonds is 6. The summed E-state index contributed by atoms with van der Waals surface area (Å²) < 4.78 is 5.43. The van der Waals surface area contributed by atoms with E-state index in [9.17, 15) is 5.11 Å². The largest absolute Gasteiger partial charge is 0.492 e. The number of hydrogen-bond donors (Lipinski definition) is 1. The Labute approximate surface area is 101 Å². The molecule has 0 aliphatic carbocycles. The van der Waals surface area contributed by atoms with Gasteiger partial charge in [0, 0.05) is 0 Å². The van der Waals surface area contributed by atoms with E-state index in [1.54, 1.807) is 6.92 Å². The van der Waals surface area contributed by atoms with Crippen LogP contribution < -0.4 is 4.74 Å². The van der Waals surface area contributed by atoms with Crippen molar-refractivity contribution >= 4 is 17.4 Å². The van der Waals surface area contributed by atoms with Gasteiger partial charge in [-0.05, 0) is 43.3 Å². The fraction of sp³-hybridized carbons (Fsp3) is 0.417. The summed E-state index contributed by atoms with van der Waals surface area (Å²) in [5.74, 6) is 0.800. The van der Waals surface area contributed by atoms with Crippen LogP contribution in [0.1, 0.15) is 12.5 Å². The minimum atomic E-state index is -0.316. The molecule has 0 saturated heterocycles. The molecule has 0 aliphatic rings. The van der Waals surface area contributed by atoms with Gasteiger partial charge in [0.1, 0.15) is 12.4 Å². The molecular formula is C12H15NO2S. The molecule has 16 heavy (non-hydrogen) atoms. The van der Waals surface area contributed by atoms with Gasteiger partial charge in [0.25, 0.3) is 0 Å². The summed E-state index contributed by atoms with van der Waals surface area (Å²) in [6.07, 6.45) is 0.346. The van der Waals surface area contributed by atoms with E-state index in [1.165, 1.54) is 0 Å². The van der Waals surface area contributed by atoms with Gasteiger partial charge in [-0.3, -0.25) is 0 Å². The lowest BCUT2D eigenvalue weighted by molar-refractivity contribution is 0.195. The number of aliphatic hydroxyl groups is 1. The Morgan fingerprint density at radius 1 is 1.44 bits per heavy atom. The van der Waals surface area contributed by atoms with Crippen LogP contribution in [-0.2, 0) is 6.42 Å². The van der Waals surface area contributed by atoms with Crippen LogP contribution in [0, 0.1) is 0 Å². The Kier molecular flexibility index (Phi) is 5.72. The highest BCUT2D eigenvalue weighted by atomic mass is 32.1. The molecule has 0 aliphatic heterocycles. The first-order chi connectivity index (χ1) is 7.72.